The number of thiazole rings is 1. The average molecular weight is 450 g/mol. The van der Waals surface area contributed by atoms with Gasteiger partial charge in [0.2, 0.25) is 5.91 Å². The Bertz CT molecular complexity index is 1240. The molecule has 1 aliphatic carbocycles. The van der Waals surface area contributed by atoms with Crippen LogP contribution < -0.4 is 10.1 Å². The van der Waals surface area contributed by atoms with Crippen LogP contribution in [0.1, 0.15) is 29.6 Å². The Kier molecular flexibility index (Phi) is 5.59. The molecule has 0 aliphatic heterocycles. The molecule has 1 aliphatic rings. The number of anilines is 1. The Morgan fingerprint density at radius 1 is 1.22 bits per heavy atom. The summed E-state index contributed by atoms with van der Waals surface area (Å²) in [5.74, 6) is 0.787. The monoisotopic (exact) mass is 450 g/mol. The number of carbonyl (C=O) groups excluding carboxylic acids is 1. The number of hydrogen-bond acceptors (Lipinski definition) is 7. The maximum atomic E-state index is 13.0. The number of amides is 1. The molecular weight excluding hydrogens is 431 g/mol. The van der Waals surface area contributed by atoms with Crippen LogP contribution in [0.2, 0.25) is 0 Å². The van der Waals surface area contributed by atoms with Crippen LogP contribution in [-0.4, -0.2) is 31.1 Å². The second-order valence-corrected chi connectivity index (χ2v) is 8.40. The number of rotatable bonds is 8. The first-order valence-corrected chi connectivity index (χ1v) is 11.0. The van der Waals surface area contributed by atoms with Crippen LogP contribution in [0.3, 0.4) is 0 Å². The minimum Gasteiger partial charge on any atom is -0.486 e. The van der Waals surface area contributed by atoms with Crippen LogP contribution in [0.15, 0.2) is 53.9 Å². The first-order chi connectivity index (χ1) is 15.6. The van der Waals surface area contributed by atoms with Crippen molar-refractivity contribution in [1.82, 2.24) is 25.2 Å². The van der Waals surface area contributed by atoms with Gasteiger partial charge in [-0.15, -0.1) is 16.4 Å². The molecule has 1 N–H and O–H groups in total. The standard InChI is InChI=1S/C22H19FN6O2S/c23-15-4-8-19(9-5-15)31-12-21-25-17(13-32-21)11-20(30)24-16-3-1-2-14(10-16)22-26-27-28-29(22)18-6-7-18/h1-5,8-10,13,18H,6-7,11-12H2,(H,24,30). The molecule has 0 atom stereocenters. The lowest BCUT2D eigenvalue weighted by atomic mass is 10.2. The lowest BCUT2D eigenvalue weighted by Gasteiger charge is -2.07. The maximum absolute atomic E-state index is 13.0. The number of nitrogens with zero attached hydrogens (tertiary/aromatic N) is 5. The summed E-state index contributed by atoms with van der Waals surface area (Å²) >= 11 is 1.42. The molecule has 1 amide bonds. The van der Waals surface area contributed by atoms with E-state index < -0.39 is 0 Å². The minimum atomic E-state index is -0.313. The van der Waals surface area contributed by atoms with Crippen LogP contribution in [0.25, 0.3) is 11.4 Å². The number of ether oxygens (including phenoxy) is 1. The SMILES string of the molecule is O=C(Cc1csc(COc2ccc(F)cc2)n1)Nc1cccc(-c2nnnn2C2CC2)c1. The molecule has 0 unspecified atom stereocenters. The van der Waals surface area contributed by atoms with Crippen LogP contribution in [0.4, 0.5) is 10.1 Å². The Hall–Kier alpha value is -3.66. The minimum absolute atomic E-state index is 0.150. The Balaban J connectivity index is 1.18. The van der Waals surface area contributed by atoms with Gasteiger partial charge in [-0.05, 0) is 59.7 Å². The lowest BCUT2D eigenvalue weighted by Crippen LogP contribution is -2.14. The molecule has 2 heterocycles. The van der Waals surface area contributed by atoms with Crippen LogP contribution >= 0.6 is 11.3 Å². The Morgan fingerprint density at radius 3 is 2.88 bits per heavy atom. The fraction of sp³-hybridized carbons (Fsp3) is 0.227. The van der Waals surface area contributed by atoms with E-state index in [0.717, 1.165) is 23.4 Å². The molecule has 0 radical (unpaired) electrons. The van der Waals surface area contributed by atoms with E-state index in [4.69, 9.17) is 4.74 Å². The Morgan fingerprint density at radius 2 is 2.06 bits per heavy atom. The van der Waals surface area contributed by atoms with Gasteiger partial charge in [-0.2, -0.15) is 0 Å². The van der Waals surface area contributed by atoms with Gasteiger partial charge in [-0.25, -0.2) is 14.1 Å². The van der Waals surface area contributed by atoms with Gasteiger partial charge in [0.05, 0.1) is 18.2 Å². The fourth-order valence-electron chi connectivity index (χ4n) is 3.23. The molecule has 162 valence electrons. The maximum Gasteiger partial charge on any atom is 0.230 e. The largest absolute Gasteiger partial charge is 0.486 e. The molecular formula is C22H19FN6O2S. The van der Waals surface area contributed by atoms with Gasteiger partial charge in [0.25, 0.3) is 0 Å². The second kappa shape index (κ2) is 8.83. The van der Waals surface area contributed by atoms with Gasteiger partial charge in [-0.1, -0.05) is 12.1 Å². The van der Waals surface area contributed by atoms with Gasteiger partial charge in [0.15, 0.2) is 5.82 Å². The van der Waals surface area contributed by atoms with E-state index in [9.17, 15) is 9.18 Å². The van der Waals surface area contributed by atoms with Crippen molar-refractivity contribution >= 4 is 22.9 Å². The number of aromatic nitrogens is 5. The van der Waals surface area contributed by atoms with E-state index in [1.807, 2.05) is 34.3 Å². The summed E-state index contributed by atoms with van der Waals surface area (Å²) in [7, 11) is 0. The van der Waals surface area contributed by atoms with Gasteiger partial charge < -0.3 is 10.1 Å². The molecule has 0 saturated heterocycles. The van der Waals surface area contributed by atoms with Crippen molar-refractivity contribution in [3.8, 4) is 17.1 Å². The quantitative estimate of drug-likeness (QED) is 0.436. The summed E-state index contributed by atoms with van der Waals surface area (Å²) in [6.07, 6.45) is 2.31. The predicted octanol–water partition coefficient (Wildman–Crippen LogP) is 4.03. The highest BCUT2D eigenvalue weighted by molar-refractivity contribution is 7.09. The summed E-state index contributed by atoms with van der Waals surface area (Å²) in [4.78, 5) is 17.0. The molecule has 0 bridgehead atoms. The van der Waals surface area contributed by atoms with Gasteiger partial charge >= 0.3 is 0 Å². The third-order valence-electron chi connectivity index (χ3n) is 4.91. The second-order valence-electron chi connectivity index (χ2n) is 7.46. The molecule has 1 saturated carbocycles. The molecule has 0 spiro atoms. The third kappa shape index (κ3) is 4.80. The molecule has 4 aromatic rings. The average Bonchev–Trinajstić information content (AvgIpc) is 3.34. The highest BCUT2D eigenvalue weighted by Crippen LogP contribution is 2.36. The number of nitrogens with one attached hydrogen (secondary N) is 1. The van der Waals surface area contributed by atoms with Crippen molar-refractivity contribution in [1.29, 1.82) is 0 Å². The molecule has 5 rings (SSSR count). The highest BCUT2D eigenvalue weighted by Gasteiger charge is 2.28. The topological polar surface area (TPSA) is 94.8 Å². The van der Waals surface area contributed by atoms with E-state index in [2.05, 4.69) is 25.8 Å². The van der Waals surface area contributed by atoms with Gasteiger partial charge in [0, 0.05) is 16.6 Å². The van der Waals surface area contributed by atoms with Crippen molar-refractivity contribution in [3.05, 3.63) is 70.4 Å². The van der Waals surface area contributed by atoms with Crippen LogP contribution in [-0.2, 0) is 17.8 Å². The highest BCUT2D eigenvalue weighted by atomic mass is 32.1. The van der Waals surface area contributed by atoms with Crippen molar-refractivity contribution < 1.29 is 13.9 Å². The van der Waals surface area contributed by atoms with Gasteiger partial charge in [0.1, 0.15) is 23.2 Å². The van der Waals surface area contributed by atoms with Crippen molar-refractivity contribution in [2.75, 3.05) is 5.32 Å². The number of hydrogen-bond donors (Lipinski definition) is 1. The summed E-state index contributed by atoms with van der Waals surface area (Å²) in [5.41, 5.74) is 2.19. The fourth-order valence-corrected chi connectivity index (χ4v) is 3.93. The smallest absolute Gasteiger partial charge is 0.230 e. The van der Waals surface area contributed by atoms with Crippen molar-refractivity contribution in [2.45, 2.75) is 31.9 Å². The number of halogens is 1. The molecule has 2 aromatic carbocycles. The van der Waals surface area contributed by atoms with E-state index in [1.165, 1.54) is 23.5 Å². The zero-order valence-electron chi connectivity index (χ0n) is 16.9. The number of tetrazole rings is 1. The van der Waals surface area contributed by atoms with E-state index in [-0.39, 0.29) is 24.8 Å². The van der Waals surface area contributed by atoms with E-state index >= 15 is 0 Å². The summed E-state index contributed by atoms with van der Waals surface area (Å²) in [6.45, 7) is 0.260. The summed E-state index contributed by atoms with van der Waals surface area (Å²) in [6, 6.07) is 13.7. The molecule has 1 fully saturated rings. The van der Waals surface area contributed by atoms with Crippen molar-refractivity contribution in [2.24, 2.45) is 0 Å². The summed E-state index contributed by atoms with van der Waals surface area (Å²) < 4.78 is 20.4. The lowest BCUT2D eigenvalue weighted by molar-refractivity contribution is -0.115. The van der Waals surface area contributed by atoms with Crippen molar-refractivity contribution in [3.63, 3.8) is 0 Å². The summed E-state index contributed by atoms with van der Waals surface area (Å²) in [5, 5.41) is 17.5. The molecule has 32 heavy (non-hydrogen) atoms. The first-order valence-electron chi connectivity index (χ1n) is 10.1. The predicted molar refractivity (Wildman–Crippen MR) is 117 cm³/mol. The number of carbonyl (C=O) groups is 1. The Labute approximate surface area is 187 Å². The zero-order chi connectivity index (χ0) is 21.9. The van der Waals surface area contributed by atoms with Crippen LogP contribution in [0, 0.1) is 5.82 Å². The van der Waals surface area contributed by atoms with E-state index in [1.54, 1.807) is 12.1 Å². The zero-order valence-corrected chi connectivity index (χ0v) is 17.8. The molecule has 8 nitrogen and oxygen atoms in total. The first kappa shape index (κ1) is 20.3. The molecule has 2 aromatic heterocycles. The van der Waals surface area contributed by atoms with Crippen LogP contribution in [0.5, 0.6) is 5.75 Å². The molecule has 10 heteroatoms. The third-order valence-corrected chi connectivity index (χ3v) is 5.78. The number of benzene rings is 2. The van der Waals surface area contributed by atoms with Gasteiger partial charge in [-0.3, -0.25) is 4.79 Å². The van der Waals surface area contributed by atoms with E-state index in [0.29, 0.717) is 29.0 Å². The normalized spacial score (nSPS) is 13.2.